The fraction of sp³-hybridized carbons (Fsp3) is 0.174. The van der Waals surface area contributed by atoms with E-state index in [1.54, 1.807) is 42.5 Å². The first-order valence-corrected chi connectivity index (χ1v) is 12.1. The fourth-order valence-corrected chi connectivity index (χ4v) is 4.85. The van der Waals surface area contributed by atoms with Crippen LogP contribution in [-0.4, -0.2) is 20.6 Å². The number of nitrogens with one attached hydrogen (secondary N) is 1. The molecule has 0 saturated heterocycles. The van der Waals surface area contributed by atoms with Crippen molar-refractivity contribution >= 4 is 50.5 Å². The normalized spacial score (nSPS) is 11.3. The Balaban J connectivity index is 1.82. The minimum atomic E-state index is -3.51. The van der Waals surface area contributed by atoms with Gasteiger partial charge in [-0.25, -0.2) is 8.42 Å². The van der Waals surface area contributed by atoms with Gasteiger partial charge in [0.1, 0.15) is 0 Å². The zero-order chi connectivity index (χ0) is 22.8. The van der Waals surface area contributed by atoms with Crippen LogP contribution in [0.2, 0.25) is 10.0 Å². The van der Waals surface area contributed by atoms with Gasteiger partial charge in [0, 0.05) is 21.3 Å². The van der Waals surface area contributed by atoms with E-state index in [0.29, 0.717) is 27.0 Å². The molecule has 5 nitrogen and oxygen atoms in total. The van der Waals surface area contributed by atoms with Crippen LogP contribution in [-0.2, 0) is 16.6 Å². The number of para-hydroxylation sites is 1. The number of nitrogens with zero attached hydrogens (tertiary/aromatic N) is 1. The van der Waals surface area contributed by atoms with E-state index in [1.807, 2.05) is 32.0 Å². The smallest absolute Gasteiger partial charge is 0.255 e. The number of halogens is 2. The van der Waals surface area contributed by atoms with Gasteiger partial charge in [-0.05, 0) is 60.9 Å². The van der Waals surface area contributed by atoms with Gasteiger partial charge in [-0.15, -0.1) is 0 Å². The number of sulfonamides is 1. The summed E-state index contributed by atoms with van der Waals surface area (Å²) in [5.74, 6) is -0.320. The highest BCUT2D eigenvalue weighted by Gasteiger charge is 2.21. The van der Waals surface area contributed by atoms with Crippen LogP contribution in [0.25, 0.3) is 0 Å². The number of benzene rings is 3. The van der Waals surface area contributed by atoms with Crippen molar-refractivity contribution in [1.82, 2.24) is 0 Å². The van der Waals surface area contributed by atoms with Gasteiger partial charge < -0.3 is 5.32 Å². The minimum Gasteiger partial charge on any atom is -0.322 e. The quantitative estimate of drug-likeness (QED) is 0.486. The van der Waals surface area contributed by atoms with Crippen molar-refractivity contribution in [2.75, 3.05) is 15.9 Å². The Labute approximate surface area is 192 Å². The monoisotopic (exact) mass is 476 g/mol. The average Bonchev–Trinajstić information content (AvgIpc) is 2.66. The number of hydrogen-bond acceptors (Lipinski definition) is 3. The number of rotatable bonds is 6. The van der Waals surface area contributed by atoms with E-state index in [4.69, 9.17) is 23.2 Å². The molecule has 0 fully saturated rings. The van der Waals surface area contributed by atoms with Crippen molar-refractivity contribution in [2.45, 2.75) is 20.4 Å². The van der Waals surface area contributed by atoms with Crippen LogP contribution in [0.3, 0.4) is 0 Å². The number of aryl methyl sites for hydroxylation is 2. The third-order valence-corrected chi connectivity index (χ3v) is 6.30. The first kappa shape index (κ1) is 23.1. The van der Waals surface area contributed by atoms with E-state index in [1.165, 1.54) is 10.6 Å². The third kappa shape index (κ3) is 5.79. The van der Waals surface area contributed by atoms with E-state index in [2.05, 4.69) is 5.32 Å². The second kappa shape index (κ2) is 9.30. The zero-order valence-corrected chi connectivity index (χ0v) is 19.6. The predicted octanol–water partition coefficient (Wildman–Crippen LogP) is 5.83. The van der Waals surface area contributed by atoms with E-state index >= 15 is 0 Å². The lowest BCUT2D eigenvalue weighted by Crippen LogP contribution is -2.30. The molecule has 8 heteroatoms. The van der Waals surface area contributed by atoms with Crippen LogP contribution < -0.4 is 9.62 Å². The van der Waals surface area contributed by atoms with Crippen LogP contribution in [0.15, 0.2) is 60.7 Å². The van der Waals surface area contributed by atoms with E-state index in [-0.39, 0.29) is 12.5 Å². The van der Waals surface area contributed by atoms with Crippen molar-refractivity contribution in [3.05, 3.63) is 93.0 Å². The minimum absolute atomic E-state index is 0.163. The number of carbonyl (C=O) groups excluding carboxylic acids is 1. The van der Waals surface area contributed by atoms with Crippen molar-refractivity contribution < 1.29 is 13.2 Å². The molecule has 0 aliphatic rings. The highest BCUT2D eigenvalue weighted by molar-refractivity contribution is 7.92. The molecular weight excluding hydrogens is 455 g/mol. The molecule has 0 aromatic heterocycles. The van der Waals surface area contributed by atoms with Gasteiger partial charge in [0.2, 0.25) is 10.0 Å². The summed E-state index contributed by atoms with van der Waals surface area (Å²) in [6.07, 6.45) is 1.19. The molecule has 0 heterocycles. The molecule has 0 atom stereocenters. The maximum Gasteiger partial charge on any atom is 0.255 e. The highest BCUT2D eigenvalue weighted by Crippen LogP contribution is 2.28. The fourth-order valence-electron chi connectivity index (χ4n) is 3.32. The molecule has 0 aliphatic carbocycles. The zero-order valence-electron chi connectivity index (χ0n) is 17.3. The molecule has 1 amide bonds. The van der Waals surface area contributed by atoms with E-state index in [9.17, 15) is 13.2 Å². The van der Waals surface area contributed by atoms with Crippen molar-refractivity contribution in [3.8, 4) is 0 Å². The summed E-state index contributed by atoms with van der Waals surface area (Å²) in [7, 11) is -3.51. The van der Waals surface area contributed by atoms with Crippen LogP contribution in [0, 0.1) is 13.8 Å². The Kier molecular flexibility index (Phi) is 6.94. The van der Waals surface area contributed by atoms with Gasteiger partial charge in [0.05, 0.1) is 18.5 Å². The SMILES string of the molecule is Cc1cccc(C)c1N(Cc1ccc(C(=O)Nc2cc(Cl)cc(Cl)c2)cc1)S(C)(=O)=O. The molecule has 3 aromatic rings. The molecular formula is C23H22Cl2N2O3S. The second-order valence-electron chi connectivity index (χ2n) is 7.32. The molecule has 3 aromatic carbocycles. The molecule has 1 N–H and O–H groups in total. The standard InChI is InChI=1S/C23H22Cl2N2O3S/c1-15-5-4-6-16(2)22(15)27(31(3,29)30)14-17-7-9-18(10-8-17)23(28)26-21-12-19(24)11-20(25)13-21/h4-13H,14H2,1-3H3,(H,26,28). The first-order valence-electron chi connectivity index (χ1n) is 9.45. The largest absolute Gasteiger partial charge is 0.322 e. The molecule has 0 radical (unpaired) electrons. The van der Waals surface area contributed by atoms with E-state index in [0.717, 1.165) is 16.7 Å². The average molecular weight is 477 g/mol. The van der Waals surface area contributed by atoms with Gasteiger partial charge in [-0.2, -0.15) is 0 Å². The van der Waals surface area contributed by atoms with Gasteiger partial charge >= 0.3 is 0 Å². The number of hydrogen-bond donors (Lipinski definition) is 1. The van der Waals surface area contributed by atoms with E-state index < -0.39 is 10.0 Å². The molecule has 0 unspecified atom stereocenters. The maximum absolute atomic E-state index is 12.5. The number of anilines is 2. The summed E-state index contributed by atoms with van der Waals surface area (Å²) in [6.45, 7) is 3.93. The Morgan fingerprint density at radius 2 is 1.48 bits per heavy atom. The number of amides is 1. The number of carbonyl (C=O) groups is 1. The predicted molar refractivity (Wildman–Crippen MR) is 128 cm³/mol. The van der Waals surface area contributed by atoms with Crippen LogP contribution >= 0.6 is 23.2 Å². The lowest BCUT2D eigenvalue weighted by Gasteiger charge is -2.26. The first-order chi connectivity index (χ1) is 14.5. The molecule has 0 aliphatic heterocycles. The lowest BCUT2D eigenvalue weighted by atomic mass is 10.1. The molecule has 3 rings (SSSR count). The van der Waals surface area contributed by atoms with Gasteiger partial charge in [-0.1, -0.05) is 53.5 Å². The summed E-state index contributed by atoms with van der Waals surface area (Å²) in [4.78, 5) is 12.5. The molecule has 0 bridgehead atoms. The molecule has 162 valence electrons. The highest BCUT2D eigenvalue weighted by atomic mass is 35.5. The topological polar surface area (TPSA) is 66.5 Å². The van der Waals surface area contributed by atoms with Crippen LogP contribution in [0.5, 0.6) is 0 Å². The summed E-state index contributed by atoms with van der Waals surface area (Å²) < 4.78 is 26.4. The Morgan fingerprint density at radius 1 is 0.935 bits per heavy atom. The summed E-state index contributed by atoms with van der Waals surface area (Å²) in [6, 6.07) is 17.3. The maximum atomic E-state index is 12.5. The van der Waals surface area contributed by atoms with Crippen molar-refractivity contribution in [2.24, 2.45) is 0 Å². The van der Waals surface area contributed by atoms with Gasteiger partial charge in [0.25, 0.3) is 5.91 Å². The lowest BCUT2D eigenvalue weighted by molar-refractivity contribution is 0.102. The van der Waals surface area contributed by atoms with Crippen LogP contribution in [0.4, 0.5) is 11.4 Å². The van der Waals surface area contributed by atoms with Crippen molar-refractivity contribution in [3.63, 3.8) is 0 Å². The van der Waals surface area contributed by atoms with Gasteiger partial charge in [0.15, 0.2) is 0 Å². The van der Waals surface area contributed by atoms with Crippen molar-refractivity contribution in [1.29, 1.82) is 0 Å². The second-order valence-corrected chi connectivity index (χ2v) is 10.1. The Morgan fingerprint density at radius 3 is 2.00 bits per heavy atom. The molecule has 31 heavy (non-hydrogen) atoms. The summed E-state index contributed by atoms with van der Waals surface area (Å²) in [5.41, 5.74) is 4.10. The van der Waals surface area contributed by atoms with Gasteiger partial charge in [-0.3, -0.25) is 9.10 Å². The molecule has 0 saturated carbocycles. The molecule has 0 spiro atoms. The van der Waals surface area contributed by atoms with Crippen LogP contribution in [0.1, 0.15) is 27.0 Å². The summed E-state index contributed by atoms with van der Waals surface area (Å²) in [5, 5.41) is 3.59. The third-order valence-electron chi connectivity index (χ3n) is 4.75. The Hall–Kier alpha value is -2.54. The summed E-state index contributed by atoms with van der Waals surface area (Å²) >= 11 is 11.9. The Bertz CT molecular complexity index is 1190.